The van der Waals surface area contributed by atoms with Crippen LogP contribution in [0.3, 0.4) is 0 Å². The molecule has 15 heavy (non-hydrogen) atoms. The van der Waals surface area contributed by atoms with E-state index in [9.17, 15) is 9.18 Å². The smallest absolute Gasteiger partial charge is 0.241 e. The first-order valence-electron chi connectivity index (χ1n) is 4.30. The SMILES string of the molecule is CC(N)C(=O)Nc1ccc(F)cc1C#N. The van der Waals surface area contributed by atoms with Crippen molar-refractivity contribution in [3.63, 3.8) is 0 Å². The fraction of sp³-hybridized carbons (Fsp3) is 0.200. The number of amides is 1. The number of hydrogen-bond acceptors (Lipinski definition) is 3. The molecule has 1 rings (SSSR count). The van der Waals surface area contributed by atoms with E-state index in [0.717, 1.165) is 12.1 Å². The summed E-state index contributed by atoms with van der Waals surface area (Å²) in [6.07, 6.45) is 0. The number of nitrogens with two attached hydrogens (primary N) is 1. The van der Waals surface area contributed by atoms with Gasteiger partial charge in [0.1, 0.15) is 11.9 Å². The lowest BCUT2D eigenvalue weighted by molar-refractivity contribution is -0.117. The van der Waals surface area contributed by atoms with Gasteiger partial charge in [0, 0.05) is 0 Å². The van der Waals surface area contributed by atoms with E-state index in [1.807, 2.05) is 0 Å². The number of halogens is 1. The van der Waals surface area contributed by atoms with Gasteiger partial charge >= 0.3 is 0 Å². The molecule has 0 bridgehead atoms. The first-order chi connectivity index (χ1) is 7.04. The minimum Gasteiger partial charge on any atom is -0.324 e. The van der Waals surface area contributed by atoms with Crippen LogP contribution in [0.15, 0.2) is 18.2 Å². The zero-order chi connectivity index (χ0) is 11.4. The molecule has 3 N–H and O–H groups in total. The second-order valence-corrected chi connectivity index (χ2v) is 3.08. The molecular formula is C10H10FN3O. The normalized spacial score (nSPS) is 11.6. The van der Waals surface area contributed by atoms with Crippen LogP contribution in [0.4, 0.5) is 10.1 Å². The fourth-order valence-corrected chi connectivity index (χ4v) is 0.965. The number of hydrogen-bond donors (Lipinski definition) is 2. The quantitative estimate of drug-likeness (QED) is 0.758. The van der Waals surface area contributed by atoms with Gasteiger partial charge in [0.05, 0.1) is 17.3 Å². The second-order valence-electron chi connectivity index (χ2n) is 3.08. The Morgan fingerprint density at radius 3 is 2.87 bits per heavy atom. The summed E-state index contributed by atoms with van der Waals surface area (Å²) in [5.74, 6) is -0.941. The summed E-state index contributed by atoms with van der Waals surface area (Å²) in [6, 6.07) is 4.65. The molecule has 0 spiro atoms. The van der Waals surface area contributed by atoms with E-state index in [1.165, 1.54) is 13.0 Å². The summed E-state index contributed by atoms with van der Waals surface area (Å²) in [7, 11) is 0. The van der Waals surface area contributed by atoms with Crippen molar-refractivity contribution >= 4 is 11.6 Å². The number of nitriles is 1. The lowest BCUT2D eigenvalue weighted by Crippen LogP contribution is -2.32. The molecule has 0 aliphatic carbocycles. The van der Waals surface area contributed by atoms with Crippen LogP contribution >= 0.6 is 0 Å². The van der Waals surface area contributed by atoms with Crippen molar-refractivity contribution in [1.29, 1.82) is 5.26 Å². The zero-order valence-electron chi connectivity index (χ0n) is 8.12. The molecule has 0 radical (unpaired) electrons. The van der Waals surface area contributed by atoms with E-state index < -0.39 is 17.8 Å². The molecule has 0 aliphatic rings. The number of carbonyl (C=O) groups excluding carboxylic acids is 1. The Morgan fingerprint density at radius 1 is 1.67 bits per heavy atom. The summed E-state index contributed by atoms with van der Waals surface area (Å²) in [5.41, 5.74) is 5.67. The van der Waals surface area contributed by atoms with Crippen molar-refractivity contribution in [3.8, 4) is 6.07 Å². The van der Waals surface area contributed by atoms with Gasteiger partial charge in [-0.1, -0.05) is 0 Å². The maximum absolute atomic E-state index is 12.7. The molecule has 0 aliphatic heterocycles. The van der Waals surface area contributed by atoms with E-state index in [1.54, 1.807) is 6.07 Å². The van der Waals surface area contributed by atoms with Crippen molar-refractivity contribution in [2.24, 2.45) is 5.73 Å². The monoisotopic (exact) mass is 207 g/mol. The third-order valence-electron chi connectivity index (χ3n) is 1.77. The van der Waals surface area contributed by atoms with E-state index in [-0.39, 0.29) is 11.3 Å². The van der Waals surface area contributed by atoms with Crippen molar-refractivity contribution in [2.75, 3.05) is 5.32 Å². The number of benzene rings is 1. The van der Waals surface area contributed by atoms with Gasteiger partial charge in [-0.25, -0.2) is 4.39 Å². The first kappa shape index (κ1) is 11.1. The lowest BCUT2D eigenvalue weighted by atomic mass is 10.2. The largest absolute Gasteiger partial charge is 0.324 e. The number of anilines is 1. The maximum Gasteiger partial charge on any atom is 0.241 e. The predicted molar refractivity (Wildman–Crippen MR) is 53.4 cm³/mol. The number of nitrogens with zero attached hydrogens (tertiary/aromatic N) is 1. The van der Waals surface area contributed by atoms with E-state index in [4.69, 9.17) is 11.0 Å². The number of rotatable bonds is 2. The molecule has 0 heterocycles. The van der Waals surface area contributed by atoms with Gasteiger partial charge < -0.3 is 11.1 Å². The molecule has 0 saturated carbocycles. The van der Waals surface area contributed by atoms with Crippen LogP contribution in [0.25, 0.3) is 0 Å². The molecule has 1 unspecified atom stereocenters. The fourth-order valence-electron chi connectivity index (χ4n) is 0.965. The van der Waals surface area contributed by atoms with Gasteiger partial charge in [0.15, 0.2) is 0 Å². The summed E-state index contributed by atoms with van der Waals surface area (Å²) in [4.78, 5) is 11.2. The Bertz CT molecular complexity index is 423. The number of carbonyl (C=O) groups is 1. The van der Waals surface area contributed by atoms with Crippen LogP contribution in [0.5, 0.6) is 0 Å². The zero-order valence-corrected chi connectivity index (χ0v) is 8.12. The molecule has 0 aromatic heterocycles. The van der Waals surface area contributed by atoms with Gasteiger partial charge in [0.2, 0.25) is 5.91 Å². The molecule has 4 nitrogen and oxygen atoms in total. The highest BCUT2D eigenvalue weighted by Gasteiger charge is 2.10. The molecule has 1 atom stereocenters. The van der Waals surface area contributed by atoms with Crippen LogP contribution in [0, 0.1) is 17.1 Å². The standard InChI is InChI=1S/C10H10FN3O/c1-6(13)10(15)14-9-3-2-8(11)4-7(9)5-12/h2-4,6H,13H2,1H3,(H,14,15). The molecule has 1 amide bonds. The average Bonchev–Trinajstić information content (AvgIpc) is 2.20. The second kappa shape index (κ2) is 4.53. The Balaban J connectivity index is 2.96. The highest BCUT2D eigenvalue weighted by atomic mass is 19.1. The van der Waals surface area contributed by atoms with Gasteiger partial charge in [-0.2, -0.15) is 5.26 Å². The highest BCUT2D eigenvalue weighted by molar-refractivity contribution is 5.95. The van der Waals surface area contributed by atoms with Crippen LogP contribution in [0.1, 0.15) is 12.5 Å². The lowest BCUT2D eigenvalue weighted by Gasteiger charge is -2.08. The summed E-state index contributed by atoms with van der Waals surface area (Å²) in [5, 5.41) is 11.1. The minimum atomic E-state index is -0.679. The average molecular weight is 207 g/mol. The van der Waals surface area contributed by atoms with Crippen LogP contribution in [0.2, 0.25) is 0 Å². The van der Waals surface area contributed by atoms with Crippen molar-refractivity contribution < 1.29 is 9.18 Å². The third kappa shape index (κ3) is 2.76. The Hall–Kier alpha value is -1.93. The molecule has 0 fully saturated rings. The van der Waals surface area contributed by atoms with Crippen LogP contribution < -0.4 is 11.1 Å². The van der Waals surface area contributed by atoms with Gasteiger partial charge in [-0.05, 0) is 25.1 Å². The first-order valence-corrected chi connectivity index (χ1v) is 4.30. The number of nitrogens with one attached hydrogen (secondary N) is 1. The van der Waals surface area contributed by atoms with E-state index >= 15 is 0 Å². The van der Waals surface area contributed by atoms with Crippen molar-refractivity contribution in [3.05, 3.63) is 29.6 Å². The van der Waals surface area contributed by atoms with Gasteiger partial charge in [0.25, 0.3) is 0 Å². The highest BCUT2D eigenvalue weighted by Crippen LogP contribution is 2.15. The topological polar surface area (TPSA) is 78.9 Å². The Kier molecular flexibility index (Phi) is 3.37. The summed E-state index contributed by atoms with van der Waals surface area (Å²) < 4.78 is 12.7. The van der Waals surface area contributed by atoms with Gasteiger partial charge in [-0.15, -0.1) is 0 Å². The van der Waals surface area contributed by atoms with E-state index in [2.05, 4.69) is 5.32 Å². The van der Waals surface area contributed by atoms with Gasteiger partial charge in [-0.3, -0.25) is 4.79 Å². The van der Waals surface area contributed by atoms with Crippen molar-refractivity contribution in [2.45, 2.75) is 13.0 Å². The molecule has 1 aromatic rings. The maximum atomic E-state index is 12.7. The summed E-state index contributed by atoms with van der Waals surface area (Å²) >= 11 is 0. The molecule has 1 aromatic carbocycles. The Labute approximate surface area is 86.5 Å². The van der Waals surface area contributed by atoms with Crippen LogP contribution in [-0.2, 0) is 4.79 Å². The van der Waals surface area contributed by atoms with Crippen LogP contribution in [-0.4, -0.2) is 11.9 Å². The Morgan fingerprint density at radius 2 is 2.33 bits per heavy atom. The molecule has 0 saturated heterocycles. The molecule has 5 heteroatoms. The van der Waals surface area contributed by atoms with Crippen molar-refractivity contribution in [1.82, 2.24) is 0 Å². The third-order valence-corrected chi connectivity index (χ3v) is 1.77. The minimum absolute atomic E-state index is 0.0731. The predicted octanol–water partition coefficient (Wildman–Crippen LogP) is 0.983. The summed E-state index contributed by atoms with van der Waals surface area (Å²) in [6.45, 7) is 1.52. The van der Waals surface area contributed by atoms with E-state index in [0.29, 0.717) is 0 Å². The molecule has 78 valence electrons. The molecular weight excluding hydrogens is 197 g/mol.